The Morgan fingerprint density at radius 2 is 0.611 bits per heavy atom. The van der Waals surface area contributed by atoms with E-state index in [4.69, 9.17) is 0 Å². The fourth-order valence-corrected chi connectivity index (χ4v) is 14.6. The summed E-state index contributed by atoms with van der Waals surface area (Å²) in [5, 5.41) is 0. The first-order valence-corrected chi connectivity index (χ1v) is 29.1. The van der Waals surface area contributed by atoms with Crippen molar-refractivity contribution in [3.63, 3.8) is 0 Å². The molecule has 0 N–H and O–H groups in total. The molecule has 0 fully saturated rings. The average molecular weight is 1200 g/mol. The zero-order chi connectivity index (χ0) is 50.7. The third-order valence-electron chi connectivity index (χ3n) is 16.7. The number of hydrogen-bond acceptors (Lipinski definition) is 0. The van der Waals surface area contributed by atoms with Crippen molar-refractivity contribution in [2.75, 3.05) is 0 Å². The largest absolute Gasteiger partial charge is 0.0616 e. The molecule has 2 atom stereocenters. The summed E-state index contributed by atoms with van der Waals surface area (Å²) in [6.07, 6.45) is 2.25. The van der Waals surface area contributed by atoms with Crippen molar-refractivity contribution >= 4 is 63.7 Å². The van der Waals surface area contributed by atoms with Gasteiger partial charge in [0, 0.05) is 41.6 Å². The highest BCUT2D eigenvalue weighted by molar-refractivity contribution is 9.11. The van der Waals surface area contributed by atoms with Gasteiger partial charge in [0.2, 0.25) is 0 Å². The summed E-state index contributed by atoms with van der Waals surface area (Å²) in [6.45, 7) is 23.2. The van der Waals surface area contributed by atoms with Crippen LogP contribution < -0.4 is 0 Å². The Bertz CT molecular complexity index is 3250. The minimum absolute atomic E-state index is 0.125. The Labute approximate surface area is 463 Å². The van der Waals surface area contributed by atoms with Gasteiger partial charge in [-0.2, -0.15) is 0 Å². The molecule has 4 heteroatoms. The van der Waals surface area contributed by atoms with Gasteiger partial charge in [-0.1, -0.05) is 227 Å². The lowest BCUT2D eigenvalue weighted by Crippen LogP contribution is -2.14. The molecule has 4 aliphatic carbocycles. The van der Waals surface area contributed by atoms with Crippen molar-refractivity contribution in [1.82, 2.24) is 0 Å². The highest BCUT2D eigenvalue weighted by atomic mass is 79.9. The van der Waals surface area contributed by atoms with E-state index in [-0.39, 0.29) is 10.8 Å². The van der Waals surface area contributed by atoms with E-state index in [1.54, 1.807) is 0 Å². The average Bonchev–Trinajstić information content (AvgIpc) is 4.01. The van der Waals surface area contributed by atoms with E-state index in [9.17, 15) is 0 Å². The van der Waals surface area contributed by atoms with Crippen molar-refractivity contribution in [1.29, 1.82) is 0 Å². The maximum Gasteiger partial charge on any atom is 0.0178 e. The van der Waals surface area contributed by atoms with E-state index in [1.807, 2.05) is 0 Å². The molecule has 0 saturated carbocycles. The summed E-state index contributed by atoms with van der Waals surface area (Å²) < 4.78 is 4.64. The van der Waals surface area contributed by atoms with Gasteiger partial charge in [-0.25, -0.2) is 0 Å². The topological polar surface area (TPSA) is 0 Å². The summed E-state index contributed by atoms with van der Waals surface area (Å²) in [4.78, 5) is 0. The van der Waals surface area contributed by atoms with Crippen LogP contribution in [0.1, 0.15) is 159 Å². The minimum atomic E-state index is 0.125. The standard InChI is InChI=1S/C37H38Br2.C31H26Br2/c1-21(35-33-19-24(38)10-14-26(33)27-15-11-25(39)20-34(27)35)16-30-28-12-8-22(36(2,3)4)17-31(28)32-18-23(37(5,6)7)9-13-29(30)32;1-17-4-8-24-26(12-17)27-13-18(2)5-9-25(27)28(24)14-19(3)31-29-15-20(32)6-10-22(29)23-11-7-21(33)16-30(23)31/h8-15,17-21,30,35H,16H2,1-7H3;4-13,15-16,19,28,31H,14H2,1-3H3. The predicted octanol–water partition coefficient (Wildman–Crippen LogP) is 21.5. The molecular weight excluding hydrogens is 1140 g/mol. The zero-order valence-corrected chi connectivity index (χ0v) is 49.6. The predicted molar refractivity (Wildman–Crippen MR) is 320 cm³/mol. The fourth-order valence-electron chi connectivity index (χ4n) is 13.1. The third kappa shape index (κ3) is 8.90. The van der Waals surface area contributed by atoms with Crippen molar-refractivity contribution in [3.05, 3.63) is 230 Å². The van der Waals surface area contributed by atoms with Crippen LogP contribution in [0.5, 0.6) is 0 Å². The SMILES string of the molecule is CC(CC1c2ccc(C(C)(C)C)cc2-c2cc(C(C)(C)C)ccc21)C1c2cc(Br)ccc2-c2ccc(Br)cc21.Cc1ccc2c(c1)-c1cc(C)ccc1C2CC(C)C1c2cc(Br)ccc2-c2ccc(Br)cc21. The summed E-state index contributed by atoms with van der Waals surface area (Å²) in [5.41, 5.74) is 28.8. The molecule has 0 amide bonds. The summed E-state index contributed by atoms with van der Waals surface area (Å²) in [7, 11) is 0. The monoisotopic (exact) mass is 1200 g/mol. The molecule has 0 aromatic heterocycles. The molecule has 0 bridgehead atoms. The number of rotatable bonds is 6. The molecule has 72 heavy (non-hydrogen) atoms. The number of fused-ring (bicyclic) bond motifs is 12. The molecule has 364 valence electrons. The molecule has 2 unspecified atom stereocenters. The highest BCUT2D eigenvalue weighted by Gasteiger charge is 2.39. The first-order chi connectivity index (χ1) is 34.2. The van der Waals surface area contributed by atoms with Gasteiger partial charge in [0.1, 0.15) is 0 Å². The van der Waals surface area contributed by atoms with Crippen molar-refractivity contribution in [3.8, 4) is 44.5 Å². The van der Waals surface area contributed by atoms with Gasteiger partial charge in [-0.3, -0.25) is 0 Å². The van der Waals surface area contributed by atoms with E-state index in [1.165, 1.54) is 111 Å². The van der Waals surface area contributed by atoms with E-state index < -0.39 is 0 Å². The van der Waals surface area contributed by atoms with Crippen LogP contribution in [-0.2, 0) is 10.8 Å². The zero-order valence-electron chi connectivity index (χ0n) is 43.2. The summed E-state index contributed by atoms with van der Waals surface area (Å²) in [5.74, 6) is 2.59. The fraction of sp³-hybridized carbons (Fsp3) is 0.294. The lowest BCUT2D eigenvalue weighted by atomic mass is 9.77. The molecule has 0 heterocycles. The minimum Gasteiger partial charge on any atom is -0.0616 e. The van der Waals surface area contributed by atoms with E-state index in [0.29, 0.717) is 35.5 Å². The smallest absolute Gasteiger partial charge is 0.0178 e. The van der Waals surface area contributed by atoms with Crippen LogP contribution in [-0.4, -0.2) is 0 Å². The second kappa shape index (κ2) is 18.8. The second-order valence-electron chi connectivity index (χ2n) is 23.7. The first kappa shape index (κ1) is 49.9. The third-order valence-corrected chi connectivity index (χ3v) is 18.6. The van der Waals surface area contributed by atoms with Gasteiger partial charge in [0.25, 0.3) is 0 Å². The summed E-state index contributed by atoms with van der Waals surface area (Å²) in [6, 6.07) is 55.9. The maximum atomic E-state index is 3.77. The molecule has 12 rings (SSSR count). The van der Waals surface area contributed by atoms with Gasteiger partial charge < -0.3 is 0 Å². The molecule has 8 aromatic rings. The first-order valence-electron chi connectivity index (χ1n) is 25.9. The molecule has 0 aliphatic heterocycles. The van der Waals surface area contributed by atoms with Crippen LogP contribution in [0.25, 0.3) is 44.5 Å². The number of halogens is 4. The van der Waals surface area contributed by atoms with Crippen LogP contribution >= 0.6 is 63.7 Å². The number of aryl methyl sites for hydroxylation is 2. The lowest BCUT2D eigenvalue weighted by Gasteiger charge is -2.27. The summed E-state index contributed by atoms with van der Waals surface area (Å²) >= 11 is 15.0. The normalized spacial score (nSPS) is 15.4. The second-order valence-corrected chi connectivity index (χ2v) is 27.4. The Morgan fingerprint density at radius 1 is 0.333 bits per heavy atom. The molecule has 0 spiro atoms. The number of hydrogen-bond donors (Lipinski definition) is 0. The van der Waals surface area contributed by atoms with Crippen LogP contribution in [0.4, 0.5) is 0 Å². The van der Waals surface area contributed by atoms with Gasteiger partial charge in [-0.15, -0.1) is 0 Å². The van der Waals surface area contributed by atoms with Gasteiger partial charge >= 0.3 is 0 Å². The molecule has 0 radical (unpaired) electrons. The molecular formula is C68H64Br4. The highest BCUT2D eigenvalue weighted by Crippen LogP contribution is 2.57. The lowest BCUT2D eigenvalue weighted by molar-refractivity contribution is 0.456. The molecule has 8 aromatic carbocycles. The van der Waals surface area contributed by atoms with Gasteiger partial charge in [0.05, 0.1) is 0 Å². The maximum absolute atomic E-state index is 3.77. The van der Waals surface area contributed by atoms with Crippen LogP contribution in [0, 0.1) is 25.7 Å². The van der Waals surface area contributed by atoms with Gasteiger partial charge in [0.15, 0.2) is 0 Å². The van der Waals surface area contributed by atoms with Crippen molar-refractivity contribution < 1.29 is 0 Å². The van der Waals surface area contributed by atoms with E-state index in [2.05, 4.69) is 279 Å². The molecule has 0 nitrogen and oxygen atoms in total. The van der Waals surface area contributed by atoms with Gasteiger partial charge in [-0.05, 0) is 198 Å². The van der Waals surface area contributed by atoms with Crippen molar-refractivity contribution in [2.45, 2.75) is 117 Å². The Morgan fingerprint density at radius 3 is 0.903 bits per heavy atom. The quantitative estimate of drug-likeness (QED) is 0.156. The Hall–Kier alpha value is -4.32. The van der Waals surface area contributed by atoms with Crippen LogP contribution in [0.15, 0.2) is 163 Å². The molecule has 4 aliphatic rings. The van der Waals surface area contributed by atoms with Crippen LogP contribution in [0.2, 0.25) is 0 Å². The Balaban J connectivity index is 0.000000158. The van der Waals surface area contributed by atoms with Crippen LogP contribution in [0.3, 0.4) is 0 Å². The van der Waals surface area contributed by atoms with E-state index in [0.717, 1.165) is 30.7 Å². The van der Waals surface area contributed by atoms with Crippen molar-refractivity contribution in [2.24, 2.45) is 11.8 Å². The molecule has 0 saturated heterocycles. The van der Waals surface area contributed by atoms with E-state index >= 15 is 0 Å². The Kier molecular flexibility index (Phi) is 13.0. The number of benzene rings is 8.